The van der Waals surface area contributed by atoms with E-state index >= 15 is 0 Å². The third kappa shape index (κ3) is 3.14. The van der Waals surface area contributed by atoms with Gasteiger partial charge in [0, 0.05) is 6.04 Å². The van der Waals surface area contributed by atoms with E-state index in [1.807, 2.05) is 0 Å². The number of rotatable bonds is 5. The Labute approximate surface area is 120 Å². The van der Waals surface area contributed by atoms with Crippen molar-refractivity contribution in [1.82, 2.24) is 15.6 Å². The number of aromatic nitrogens is 1. The number of carbonyl (C=O) groups is 2. The molecule has 1 aliphatic rings. The highest BCUT2D eigenvalue weighted by molar-refractivity contribution is 7.13. The average molecular weight is 299 g/mol. The lowest BCUT2D eigenvalue weighted by Gasteiger charge is -2.15. The average Bonchev–Trinajstić information content (AvgIpc) is 3.01. The van der Waals surface area contributed by atoms with Crippen LogP contribution in [0.3, 0.4) is 0 Å². The summed E-state index contributed by atoms with van der Waals surface area (Å²) in [5.74, 6) is -1.32. The molecule has 1 amide bonds. The largest absolute Gasteiger partial charge is 0.477 e. The molecule has 2 unspecified atom stereocenters. The maximum atomic E-state index is 12.0. The van der Waals surface area contributed by atoms with Gasteiger partial charge in [-0.2, -0.15) is 0 Å². The number of aromatic carboxylic acids is 1. The van der Waals surface area contributed by atoms with Crippen molar-refractivity contribution >= 4 is 23.2 Å². The van der Waals surface area contributed by atoms with Crippen LogP contribution in [-0.4, -0.2) is 48.3 Å². The van der Waals surface area contributed by atoms with Crippen LogP contribution in [0.15, 0.2) is 0 Å². The van der Waals surface area contributed by atoms with Crippen LogP contribution in [0.25, 0.3) is 0 Å². The summed E-state index contributed by atoms with van der Waals surface area (Å²) in [4.78, 5) is 27.3. The number of hydrogen-bond donors (Lipinski definition) is 3. The molecule has 1 saturated heterocycles. The topological polar surface area (TPSA) is 101 Å². The minimum atomic E-state index is -0.989. The summed E-state index contributed by atoms with van der Waals surface area (Å²) in [6.07, 6.45) is 0. The number of hydrogen-bond acceptors (Lipinski definition) is 6. The fourth-order valence-electron chi connectivity index (χ4n) is 2.12. The fourth-order valence-corrected chi connectivity index (χ4v) is 2.96. The molecule has 0 radical (unpaired) electrons. The highest BCUT2D eigenvalue weighted by atomic mass is 32.1. The van der Waals surface area contributed by atoms with Crippen LogP contribution in [0.2, 0.25) is 0 Å². The summed E-state index contributed by atoms with van der Waals surface area (Å²) in [6, 6.07) is 0.0163. The van der Waals surface area contributed by atoms with Crippen LogP contribution < -0.4 is 10.6 Å². The van der Waals surface area contributed by atoms with Gasteiger partial charge in [0.15, 0.2) is 0 Å². The first-order valence-corrected chi connectivity index (χ1v) is 7.07. The normalized spacial score (nSPS) is 21.9. The number of likely N-dealkylation sites (N-methyl/N-ethyl adjacent to an activating group) is 1. The van der Waals surface area contributed by atoms with Crippen molar-refractivity contribution in [2.24, 2.45) is 5.92 Å². The maximum Gasteiger partial charge on any atom is 0.347 e. The molecule has 7 nitrogen and oxygen atoms in total. The van der Waals surface area contributed by atoms with Crippen molar-refractivity contribution in [3.05, 3.63) is 15.6 Å². The van der Waals surface area contributed by atoms with E-state index in [1.54, 1.807) is 14.0 Å². The molecule has 8 heteroatoms. The van der Waals surface area contributed by atoms with E-state index in [1.165, 1.54) is 0 Å². The molecule has 2 rings (SSSR count). The first kappa shape index (κ1) is 14.9. The van der Waals surface area contributed by atoms with Crippen LogP contribution in [0.5, 0.6) is 0 Å². The summed E-state index contributed by atoms with van der Waals surface area (Å²) in [5.41, 5.74) is 0.476. The van der Waals surface area contributed by atoms with Gasteiger partial charge in [0.05, 0.1) is 31.4 Å². The predicted molar refractivity (Wildman–Crippen MR) is 72.8 cm³/mol. The molecule has 0 aliphatic carbocycles. The van der Waals surface area contributed by atoms with Gasteiger partial charge in [-0.05, 0) is 14.0 Å². The number of carbonyl (C=O) groups excluding carboxylic acids is 1. The lowest BCUT2D eigenvalue weighted by molar-refractivity contribution is -0.125. The van der Waals surface area contributed by atoms with Crippen molar-refractivity contribution in [3.8, 4) is 0 Å². The van der Waals surface area contributed by atoms with Crippen molar-refractivity contribution in [1.29, 1.82) is 0 Å². The van der Waals surface area contributed by atoms with E-state index in [2.05, 4.69) is 15.6 Å². The van der Waals surface area contributed by atoms with Crippen LogP contribution in [0.1, 0.15) is 20.4 Å². The van der Waals surface area contributed by atoms with Crippen molar-refractivity contribution in [2.75, 3.05) is 20.3 Å². The quantitative estimate of drug-likeness (QED) is 0.707. The zero-order valence-electron chi connectivity index (χ0n) is 11.3. The van der Waals surface area contributed by atoms with Gasteiger partial charge in [-0.3, -0.25) is 4.79 Å². The molecule has 0 aromatic carbocycles. The second-order valence-corrected chi connectivity index (χ2v) is 5.67. The van der Waals surface area contributed by atoms with Crippen molar-refractivity contribution in [3.63, 3.8) is 0 Å². The van der Waals surface area contributed by atoms with E-state index < -0.39 is 5.97 Å². The monoisotopic (exact) mass is 299 g/mol. The Balaban J connectivity index is 1.93. The van der Waals surface area contributed by atoms with Gasteiger partial charge in [0.2, 0.25) is 5.91 Å². The molecule has 2 atom stereocenters. The SMILES string of the molecule is CNC1COCC1C(=O)NCc1nc(C)c(C(=O)O)s1. The molecular weight excluding hydrogens is 282 g/mol. The highest BCUT2D eigenvalue weighted by Gasteiger charge is 2.32. The summed E-state index contributed by atoms with van der Waals surface area (Å²) < 4.78 is 5.27. The molecule has 1 aromatic rings. The molecule has 1 fully saturated rings. The molecule has 3 N–H and O–H groups in total. The third-order valence-corrected chi connectivity index (χ3v) is 4.38. The van der Waals surface area contributed by atoms with Gasteiger partial charge >= 0.3 is 5.97 Å². The fraction of sp³-hybridized carbons (Fsp3) is 0.583. The Morgan fingerprint density at radius 3 is 2.85 bits per heavy atom. The summed E-state index contributed by atoms with van der Waals surface area (Å²) in [5, 5.41) is 15.4. The number of nitrogens with zero attached hydrogens (tertiary/aromatic N) is 1. The standard InChI is InChI=1S/C12H17N3O4S/c1-6-10(12(17)18)20-9(15-6)3-14-11(16)7-4-19-5-8(7)13-2/h7-8,13H,3-5H2,1-2H3,(H,14,16)(H,17,18). The van der Waals surface area contributed by atoms with Crippen molar-refractivity contribution in [2.45, 2.75) is 19.5 Å². The van der Waals surface area contributed by atoms with Crippen LogP contribution >= 0.6 is 11.3 Å². The molecule has 0 bridgehead atoms. The zero-order chi connectivity index (χ0) is 14.7. The van der Waals surface area contributed by atoms with E-state index in [0.717, 1.165) is 11.3 Å². The Morgan fingerprint density at radius 1 is 1.50 bits per heavy atom. The Hall–Kier alpha value is -1.51. The first-order valence-electron chi connectivity index (χ1n) is 6.25. The number of carboxylic acids is 1. The van der Waals surface area contributed by atoms with E-state index in [0.29, 0.717) is 23.9 Å². The number of aryl methyl sites for hydroxylation is 1. The lowest BCUT2D eigenvalue weighted by Crippen LogP contribution is -2.42. The van der Waals surface area contributed by atoms with Gasteiger partial charge in [-0.1, -0.05) is 0 Å². The minimum Gasteiger partial charge on any atom is -0.477 e. The highest BCUT2D eigenvalue weighted by Crippen LogP contribution is 2.18. The molecular formula is C12H17N3O4S. The van der Waals surface area contributed by atoms with Gasteiger partial charge in [-0.25, -0.2) is 9.78 Å². The minimum absolute atomic E-state index is 0.0163. The van der Waals surface area contributed by atoms with Crippen LogP contribution in [-0.2, 0) is 16.1 Å². The van der Waals surface area contributed by atoms with Gasteiger partial charge in [0.1, 0.15) is 9.88 Å². The van der Waals surface area contributed by atoms with Gasteiger partial charge in [-0.15, -0.1) is 11.3 Å². The molecule has 2 heterocycles. The molecule has 0 saturated carbocycles. The Morgan fingerprint density at radius 2 is 2.25 bits per heavy atom. The van der Waals surface area contributed by atoms with Crippen LogP contribution in [0.4, 0.5) is 0 Å². The number of thiazole rings is 1. The van der Waals surface area contributed by atoms with Crippen LogP contribution in [0, 0.1) is 12.8 Å². The van der Waals surface area contributed by atoms with Gasteiger partial charge in [0.25, 0.3) is 0 Å². The van der Waals surface area contributed by atoms with E-state index in [9.17, 15) is 9.59 Å². The second kappa shape index (κ2) is 6.29. The molecule has 0 spiro atoms. The number of amides is 1. The summed E-state index contributed by atoms with van der Waals surface area (Å²) in [6.45, 7) is 2.81. The smallest absolute Gasteiger partial charge is 0.347 e. The summed E-state index contributed by atoms with van der Waals surface area (Å²) in [7, 11) is 1.79. The number of carboxylic acid groups (broad SMARTS) is 1. The third-order valence-electron chi connectivity index (χ3n) is 3.24. The Kier molecular flexibility index (Phi) is 4.69. The van der Waals surface area contributed by atoms with E-state index in [4.69, 9.17) is 9.84 Å². The molecule has 1 aromatic heterocycles. The summed E-state index contributed by atoms with van der Waals surface area (Å²) >= 11 is 1.09. The second-order valence-electron chi connectivity index (χ2n) is 4.58. The lowest BCUT2D eigenvalue weighted by atomic mass is 10.0. The predicted octanol–water partition coefficient (Wildman–Crippen LogP) is 0.000320. The molecule has 1 aliphatic heterocycles. The van der Waals surface area contributed by atoms with Crippen molar-refractivity contribution < 1.29 is 19.4 Å². The maximum absolute atomic E-state index is 12.0. The molecule has 20 heavy (non-hydrogen) atoms. The Bertz CT molecular complexity index is 517. The molecule has 110 valence electrons. The van der Waals surface area contributed by atoms with E-state index in [-0.39, 0.29) is 29.3 Å². The first-order chi connectivity index (χ1) is 9.52. The van der Waals surface area contributed by atoms with Gasteiger partial charge < -0.3 is 20.5 Å². The number of ether oxygens (including phenoxy) is 1. The number of nitrogens with one attached hydrogen (secondary N) is 2. The zero-order valence-corrected chi connectivity index (χ0v) is 12.1.